The van der Waals surface area contributed by atoms with Crippen LogP contribution in [0.25, 0.3) is 0 Å². The smallest absolute Gasteiger partial charge is 0.427 e. The predicted molar refractivity (Wildman–Crippen MR) is 140 cm³/mol. The first-order valence-corrected chi connectivity index (χ1v) is 16.0. The van der Waals surface area contributed by atoms with Crippen molar-refractivity contribution < 1.29 is 44.3 Å². The maximum absolute atomic E-state index is 13.8. The van der Waals surface area contributed by atoms with E-state index in [0.29, 0.717) is 19.4 Å². The molecule has 1 fully saturated rings. The number of sulfonamides is 1. The Morgan fingerprint density at radius 2 is 1.88 bits per heavy atom. The highest BCUT2D eigenvalue weighted by Gasteiger charge is 2.50. The molecule has 2 heterocycles. The number of aromatic nitrogens is 2. The summed E-state index contributed by atoms with van der Waals surface area (Å²) in [5.74, 6) is -1.25. The molecule has 0 N–H and O–H groups in total. The van der Waals surface area contributed by atoms with E-state index in [4.69, 9.17) is 16.3 Å². The molecule has 222 valence electrons. The fourth-order valence-corrected chi connectivity index (χ4v) is 7.84. The van der Waals surface area contributed by atoms with Crippen LogP contribution in [0.2, 0.25) is 5.15 Å². The number of aryl methyl sites for hydroxylation is 1. The van der Waals surface area contributed by atoms with Crippen molar-refractivity contribution in [3.05, 3.63) is 35.1 Å². The third-order valence-corrected chi connectivity index (χ3v) is 11.2. The molecule has 0 spiro atoms. The molecule has 2 aliphatic rings. The van der Waals surface area contributed by atoms with Gasteiger partial charge in [0.2, 0.25) is 5.60 Å². The monoisotopic (exact) mass is 627 g/mol. The third kappa shape index (κ3) is 6.35. The molecule has 0 bridgehead atoms. The summed E-state index contributed by atoms with van der Waals surface area (Å²) in [5, 5.41) is 3.33. The van der Waals surface area contributed by atoms with Crippen molar-refractivity contribution in [2.45, 2.75) is 81.0 Å². The number of sulfone groups is 1. The van der Waals surface area contributed by atoms with Crippen LogP contribution in [-0.4, -0.2) is 68.0 Å². The Hall–Kier alpha value is -2.52. The first kappa shape index (κ1) is 30.4. The van der Waals surface area contributed by atoms with E-state index in [-0.39, 0.29) is 51.0 Å². The molecule has 1 atom stereocenters. The molecule has 1 aliphatic heterocycles. The highest BCUT2D eigenvalue weighted by molar-refractivity contribution is 7.93. The van der Waals surface area contributed by atoms with E-state index in [1.165, 1.54) is 29.1 Å². The summed E-state index contributed by atoms with van der Waals surface area (Å²) < 4.78 is 105. The molecule has 16 heteroatoms. The lowest BCUT2D eigenvalue weighted by atomic mass is 10.1. The Labute approximate surface area is 235 Å². The molecule has 2 aromatic rings. The third-order valence-electron chi connectivity index (χ3n) is 6.69. The van der Waals surface area contributed by atoms with Gasteiger partial charge in [-0.2, -0.15) is 18.3 Å². The van der Waals surface area contributed by atoms with Crippen molar-refractivity contribution in [2.75, 3.05) is 16.6 Å². The number of rotatable bonds is 10. The quantitative estimate of drug-likeness (QED) is 0.363. The number of alkyl halides is 3. The summed E-state index contributed by atoms with van der Waals surface area (Å²) >= 11 is 6.15. The maximum Gasteiger partial charge on any atom is 0.427 e. The van der Waals surface area contributed by atoms with Gasteiger partial charge in [0.15, 0.2) is 15.0 Å². The fourth-order valence-electron chi connectivity index (χ4n) is 4.11. The molecular weight excluding hydrogens is 599 g/mol. The number of carbonyl (C=O) groups excluding carboxylic acids is 1. The van der Waals surface area contributed by atoms with E-state index >= 15 is 0 Å². The van der Waals surface area contributed by atoms with Crippen LogP contribution in [0.5, 0.6) is 5.75 Å². The largest absolute Gasteiger partial charge is 0.486 e. The molecule has 1 aromatic heterocycles. The first-order chi connectivity index (χ1) is 18.4. The zero-order chi connectivity index (χ0) is 29.7. The normalized spacial score (nSPS) is 18.3. The number of hydrogen-bond donors (Lipinski definition) is 0. The zero-order valence-corrected chi connectivity index (χ0v) is 24.3. The lowest BCUT2D eigenvalue weighted by molar-refractivity contribution is -0.257. The van der Waals surface area contributed by atoms with E-state index in [1.807, 2.05) is 0 Å². The van der Waals surface area contributed by atoms with E-state index in [2.05, 4.69) is 9.84 Å². The first-order valence-electron chi connectivity index (χ1n) is 12.5. The van der Waals surface area contributed by atoms with Crippen molar-refractivity contribution in [3.8, 4) is 5.75 Å². The topological polar surface area (TPSA) is 125 Å². The average Bonchev–Trinajstić information content (AvgIpc) is 3.64. The summed E-state index contributed by atoms with van der Waals surface area (Å²) in [5.41, 5.74) is -2.53. The molecule has 0 amide bonds. The second kappa shape index (κ2) is 10.7. The Balaban J connectivity index is 1.65. The summed E-state index contributed by atoms with van der Waals surface area (Å²) in [6, 6.07) is 4.09. The Bertz CT molecular complexity index is 1500. The van der Waals surface area contributed by atoms with Gasteiger partial charge in [-0.25, -0.2) is 16.8 Å². The molecule has 0 saturated heterocycles. The van der Waals surface area contributed by atoms with Crippen LogP contribution in [0.3, 0.4) is 0 Å². The predicted octanol–water partition coefficient (Wildman–Crippen LogP) is 3.91. The second-order valence-corrected chi connectivity index (χ2v) is 14.8. The van der Waals surface area contributed by atoms with Crippen molar-refractivity contribution in [1.29, 1.82) is 0 Å². The van der Waals surface area contributed by atoms with Crippen LogP contribution in [-0.2, 0) is 42.4 Å². The highest BCUT2D eigenvalue weighted by atomic mass is 35.5. The van der Waals surface area contributed by atoms with Crippen LogP contribution in [0.15, 0.2) is 29.3 Å². The van der Waals surface area contributed by atoms with Crippen molar-refractivity contribution in [2.24, 2.45) is 0 Å². The minimum Gasteiger partial charge on any atom is -0.486 e. The zero-order valence-electron chi connectivity index (χ0n) is 21.9. The van der Waals surface area contributed by atoms with Crippen LogP contribution in [0.4, 0.5) is 18.9 Å². The second-order valence-electron chi connectivity index (χ2n) is 10.2. The van der Waals surface area contributed by atoms with Gasteiger partial charge < -0.3 is 9.47 Å². The van der Waals surface area contributed by atoms with Crippen LogP contribution in [0.1, 0.15) is 45.6 Å². The fraction of sp³-hybridized carbons (Fsp3) is 0.583. The number of anilines is 1. The summed E-state index contributed by atoms with van der Waals surface area (Å²) in [6.07, 6.45) is -3.68. The van der Waals surface area contributed by atoms with E-state index in [9.17, 15) is 34.8 Å². The highest BCUT2D eigenvalue weighted by Crippen LogP contribution is 2.40. The van der Waals surface area contributed by atoms with Gasteiger partial charge >= 0.3 is 12.1 Å². The number of nitrogens with zero attached hydrogens (tertiary/aromatic N) is 3. The lowest BCUT2D eigenvalue weighted by Gasteiger charge is -2.35. The molecule has 40 heavy (non-hydrogen) atoms. The number of fused-ring (bicyclic) bond motifs is 1. The maximum atomic E-state index is 13.8. The van der Waals surface area contributed by atoms with E-state index < -0.39 is 50.1 Å². The van der Waals surface area contributed by atoms with Crippen LogP contribution < -0.4 is 9.04 Å². The number of hydrogen-bond acceptors (Lipinski definition) is 8. The molecule has 1 aromatic carbocycles. The van der Waals surface area contributed by atoms with Crippen molar-refractivity contribution >= 4 is 43.1 Å². The van der Waals surface area contributed by atoms with Gasteiger partial charge in [-0.05, 0) is 57.7 Å². The molecule has 0 unspecified atom stereocenters. The minimum atomic E-state index is -4.79. The summed E-state index contributed by atoms with van der Waals surface area (Å²) in [6.45, 7) is 3.27. The Kier molecular flexibility index (Phi) is 8.15. The van der Waals surface area contributed by atoms with Gasteiger partial charge in [0.1, 0.15) is 16.7 Å². The molecule has 10 nitrogen and oxygen atoms in total. The SMILES string of the molecule is CCn1cc(S(=O)(=O)N2C[C@H](CCS(=O)(=O)C3CC3)Oc3ccc(CC(=O)OC(C)(C)C(F)(F)F)cc32)c(Cl)n1. The average molecular weight is 628 g/mol. The molecule has 4 rings (SSSR count). The van der Waals surface area contributed by atoms with E-state index in [1.54, 1.807) is 6.92 Å². The minimum absolute atomic E-state index is 0.0157. The number of benzene rings is 1. The van der Waals surface area contributed by atoms with E-state index in [0.717, 1.165) is 18.2 Å². The number of carbonyl (C=O) groups is 1. The van der Waals surface area contributed by atoms with Crippen LogP contribution in [0, 0.1) is 0 Å². The van der Waals surface area contributed by atoms with Crippen molar-refractivity contribution in [3.63, 3.8) is 0 Å². The van der Waals surface area contributed by atoms with Gasteiger partial charge in [0.05, 0.1) is 29.7 Å². The van der Waals surface area contributed by atoms with Gasteiger partial charge in [0, 0.05) is 12.7 Å². The number of esters is 1. The van der Waals surface area contributed by atoms with Gasteiger partial charge in [-0.1, -0.05) is 17.7 Å². The molecule has 1 aliphatic carbocycles. The molecular formula is C24H29ClF3N3O7S2. The number of halogens is 4. The Morgan fingerprint density at radius 3 is 2.45 bits per heavy atom. The molecule has 1 saturated carbocycles. The van der Waals surface area contributed by atoms with Gasteiger partial charge in [-0.3, -0.25) is 13.8 Å². The Morgan fingerprint density at radius 1 is 1.20 bits per heavy atom. The number of ether oxygens (including phenoxy) is 2. The van der Waals surface area contributed by atoms with Crippen molar-refractivity contribution in [1.82, 2.24) is 9.78 Å². The van der Waals surface area contributed by atoms with Gasteiger partial charge in [0.25, 0.3) is 10.0 Å². The molecule has 0 radical (unpaired) electrons. The lowest BCUT2D eigenvalue weighted by Crippen LogP contribution is -2.44. The van der Waals surface area contributed by atoms with Gasteiger partial charge in [-0.15, -0.1) is 0 Å². The standard InChI is InChI=1S/C24H29ClF3N3O7S2/c1-4-30-14-20(22(25)29-30)40(35,36)31-13-16(9-10-39(33,34)17-6-7-17)37-19-8-5-15(11-18(19)31)12-21(32)38-23(2,3)24(26,27)28/h5,8,11,14,16-17H,4,6-7,9-10,12-13H2,1-3H3/t16-/m0/s1. The van der Waals surface area contributed by atoms with Crippen LogP contribution >= 0.6 is 11.6 Å². The summed E-state index contributed by atoms with van der Waals surface area (Å²) in [4.78, 5) is 12.1. The summed E-state index contributed by atoms with van der Waals surface area (Å²) in [7, 11) is -7.69.